The average molecular weight is 296 g/mol. The van der Waals surface area contributed by atoms with E-state index in [1.165, 1.54) is 0 Å². The monoisotopic (exact) mass is 296 g/mol. The first-order valence-electron chi connectivity index (χ1n) is 6.42. The van der Waals surface area contributed by atoms with E-state index in [2.05, 4.69) is 16.0 Å². The molecule has 0 spiro atoms. The van der Waals surface area contributed by atoms with Crippen molar-refractivity contribution in [3.63, 3.8) is 0 Å². The van der Waals surface area contributed by atoms with Crippen LogP contribution in [0, 0.1) is 0 Å². The molecule has 0 radical (unpaired) electrons. The molecule has 0 atom stereocenters. The number of methoxy groups -OCH3 is 1. The van der Waals surface area contributed by atoms with Crippen molar-refractivity contribution < 1.29 is 4.74 Å². The molecule has 0 bridgehead atoms. The van der Waals surface area contributed by atoms with Crippen LogP contribution in [0.4, 0.5) is 5.95 Å². The van der Waals surface area contributed by atoms with Gasteiger partial charge in [-0.1, -0.05) is 6.07 Å². The normalized spacial score (nSPS) is 11.3. The van der Waals surface area contributed by atoms with Gasteiger partial charge in [0.15, 0.2) is 0 Å². The maximum atomic E-state index is 6.11. The standard InChI is InChI=1S/C15H12N4OS/c1-20-12-4-2-3-11-14(12)18-15(16)19(11)9-5-6-10-13(7-9)21-8-17-10/h2-8H,1H3,(H2,16,18). The summed E-state index contributed by atoms with van der Waals surface area (Å²) in [6, 6.07) is 11.9. The number of aromatic nitrogens is 3. The Labute approximate surface area is 124 Å². The van der Waals surface area contributed by atoms with Crippen LogP contribution in [-0.2, 0) is 0 Å². The summed E-state index contributed by atoms with van der Waals surface area (Å²) in [6.07, 6.45) is 0. The van der Waals surface area contributed by atoms with Crippen LogP contribution in [0.25, 0.3) is 26.9 Å². The molecule has 2 aromatic carbocycles. The van der Waals surface area contributed by atoms with Crippen LogP contribution < -0.4 is 10.5 Å². The van der Waals surface area contributed by atoms with Gasteiger partial charge in [0.25, 0.3) is 0 Å². The van der Waals surface area contributed by atoms with Gasteiger partial charge in [-0.25, -0.2) is 9.97 Å². The van der Waals surface area contributed by atoms with Crippen molar-refractivity contribution in [3.05, 3.63) is 41.9 Å². The van der Waals surface area contributed by atoms with Crippen molar-refractivity contribution in [1.29, 1.82) is 0 Å². The Hall–Kier alpha value is -2.60. The van der Waals surface area contributed by atoms with Crippen molar-refractivity contribution in [1.82, 2.24) is 14.5 Å². The molecule has 4 aromatic rings. The van der Waals surface area contributed by atoms with E-state index in [9.17, 15) is 0 Å². The predicted octanol–water partition coefficient (Wildman–Crippen LogP) is 3.23. The van der Waals surface area contributed by atoms with Gasteiger partial charge < -0.3 is 10.5 Å². The Kier molecular flexibility index (Phi) is 2.58. The number of nitrogen functional groups attached to an aromatic ring is 1. The maximum Gasteiger partial charge on any atom is 0.206 e. The van der Waals surface area contributed by atoms with E-state index in [0.29, 0.717) is 5.95 Å². The number of fused-ring (bicyclic) bond motifs is 2. The van der Waals surface area contributed by atoms with E-state index in [0.717, 1.165) is 32.7 Å². The Balaban J connectivity index is 2.03. The fourth-order valence-electron chi connectivity index (χ4n) is 2.51. The van der Waals surface area contributed by atoms with Gasteiger partial charge in [0.1, 0.15) is 11.3 Å². The van der Waals surface area contributed by atoms with Crippen LogP contribution in [-0.4, -0.2) is 21.6 Å². The van der Waals surface area contributed by atoms with E-state index in [1.807, 2.05) is 40.4 Å². The number of thiazole rings is 1. The lowest BCUT2D eigenvalue weighted by Crippen LogP contribution is -2.00. The number of ether oxygens (including phenoxy) is 1. The molecule has 0 unspecified atom stereocenters. The molecule has 2 aromatic heterocycles. The summed E-state index contributed by atoms with van der Waals surface area (Å²) in [5, 5.41) is 0. The first kappa shape index (κ1) is 12.2. The number of benzene rings is 2. The van der Waals surface area contributed by atoms with Gasteiger partial charge in [0.05, 0.1) is 34.0 Å². The Morgan fingerprint density at radius 1 is 1.24 bits per heavy atom. The second-order valence-electron chi connectivity index (χ2n) is 4.64. The van der Waals surface area contributed by atoms with E-state index >= 15 is 0 Å². The second-order valence-corrected chi connectivity index (χ2v) is 5.52. The van der Waals surface area contributed by atoms with Crippen LogP contribution in [0.5, 0.6) is 5.75 Å². The fraction of sp³-hybridized carbons (Fsp3) is 0.0667. The number of nitrogens with two attached hydrogens (primary N) is 1. The number of hydrogen-bond donors (Lipinski definition) is 1. The van der Waals surface area contributed by atoms with Crippen LogP contribution >= 0.6 is 11.3 Å². The molecule has 4 rings (SSSR count). The number of rotatable bonds is 2. The summed E-state index contributed by atoms with van der Waals surface area (Å²) in [5.41, 5.74) is 11.6. The summed E-state index contributed by atoms with van der Waals surface area (Å²) >= 11 is 1.61. The van der Waals surface area contributed by atoms with E-state index in [4.69, 9.17) is 10.5 Å². The van der Waals surface area contributed by atoms with E-state index in [-0.39, 0.29) is 0 Å². The first-order chi connectivity index (χ1) is 10.3. The zero-order valence-electron chi connectivity index (χ0n) is 11.3. The molecule has 0 saturated heterocycles. The van der Waals surface area contributed by atoms with Gasteiger partial charge in [0, 0.05) is 0 Å². The van der Waals surface area contributed by atoms with Gasteiger partial charge in [-0.3, -0.25) is 4.57 Å². The molecule has 0 aliphatic heterocycles. The Morgan fingerprint density at radius 2 is 2.14 bits per heavy atom. The van der Waals surface area contributed by atoms with Crippen molar-refractivity contribution in [2.75, 3.05) is 12.8 Å². The van der Waals surface area contributed by atoms with Gasteiger partial charge in [-0.05, 0) is 30.3 Å². The fourth-order valence-corrected chi connectivity index (χ4v) is 3.22. The Morgan fingerprint density at radius 3 is 3.00 bits per heavy atom. The third kappa shape index (κ3) is 1.76. The molecule has 0 aliphatic carbocycles. The summed E-state index contributed by atoms with van der Waals surface area (Å²) < 4.78 is 8.40. The summed E-state index contributed by atoms with van der Waals surface area (Å²) in [4.78, 5) is 8.73. The quantitative estimate of drug-likeness (QED) is 0.617. The highest BCUT2D eigenvalue weighted by Gasteiger charge is 2.13. The van der Waals surface area contributed by atoms with Gasteiger partial charge in [-0.15, -0.1) is 11.3 Å². The van der Waals surface area contributed by atoms with Crippen LogP contribution in [0.1, 0.15) is 0 Å². The second kappa shape index (κ2) is 4.46. The average Bonchev–Trinajstić information content (AvgIpc) is 3.08. The molecule has 0 saturated carbocycles. The molecule has 0 amide bonds. The largest absolute Gasteiger partial charge is 0.494 e. The number of nitrogens with zero attached hydrogens (tertiary/aromatic N) is 3. The minimum Gasteiger partial charge on any atom is -0.494 e. The lowest BCUT2D eigenvalue weighted by atomic mass is 10.2. The number of imidazole rings is 1. The molecule has 2 heterocycles. The maximum absolute atomic E-state index is 6.11. The van der Waals surface area contributed by atoms with E-state index in [1.54, 1.807) is 18.4 Å². The number of hydrogen-bond acceptors (Lipinski definition) is 5. The van der Waals surface area contributed by atoms with Crippen molar-refractivity contribution >= 4 is 38.5 Å². The molecule has 0 fully saturated rings. The summed E-state index contributed by atoms with van der Waals surface area (Å²) in [6.45, 7) is 0. The van der Waals surface area contributed by atoms with Crippen LogP contribution in [0.2, 0.25) is 0 Å². The van der Waals surface area contributed by atoms with Gasteiger partial charge in [-0.2, -0.15) is 0 Å². The lowest BCUT2D eigenvalue weighted by molar-refractivity contribution is 0.419. The minimum atomic E-state index is 0.443. The molecule has 5 nitrogen and oxygen atoms in total. The van der Waals surface area contributed by atoms with Gasteiger partial charge in [0.2, 0.25) is 5.95 Å². The van der Waals surface area contributed by atoms with Crippen LogP contribution in [0.15, 0.2) is 41.9 Å². The topological polar surface area (TPSA) is 66.0 Å². The summed E-state index contributed by atoms with van der Waals surface area (Å²) in [7, 11) is 1.63. The lowest BCUT2D eigenvalue weighted by Gasteiger charge is -2.07. The smallest absolute Gasteiger partial charge is 0.206 e. The Bertz CT molecular complexity index is 957. The van der Waals surface area contributed by atoms with E-state index < -0.39 is 0 Å². The van der Waals surface area contributed by atoms with Crippen molar-refractivity contribution in [3.8, 4) is 11.4 Å². The SMILES string of the molecule is COc1cccc2c1nc(N)n2-c1ccc2ncsc2c1. The van der Waals surface area contributed by atoms with Crippen molar-refractivity contribution in [2.45, 2.75) is 0 Å². The first-order valence-corrected chi connectivity index (χ1v) is 7.30. The molecular formula is C15H12N4OS. The highest BCUT2D eigenvalue weighted by Crippen LogP contribution is 2.31. The predicted molar refractivity (Wildman–Crippen MR) is 85.2 cm³/mol. The van der Waals surface area contributed by atoms with Crippen molar-refractivity contribution in [2.24, 2.45) is 0 Å². The molecular weight excluding hydrogens is 284 g/mol. The number of anilines is 1. The highest BCUT2D eigenvalue weighted by molar-refractivity contribution is 7.16. The zero-order valence-corrected chi connectivity index (χ0v) is 12.1. The highest BCUT2D eigenvalue weighted by atomic mass is 32.1. The molecule has 21 heavy (non-hydrogen) atoms. The molecule has 6 heteroatoms. The minimum absolute atomic E-state index is 0.443. The summed E-state index contributed by atoms with van der Waals surface area (Å²) in [5.74, 6) is 1.16. The molecule has 104 valence electrons. The third-order valence-corrected chi connectivity index (χ3v) is 4.26. The third-order valence-electron chi connectivity index (χ3n) is 3.47. The van der Waals surface area contributed by atoms with Crippen LogP contribution in [0.3, 0.4) is 0 Å². The molecule has 0 aliphatic rings. The number of para-hydroxylation sites is 1. The molecule has 2 N–H and O–H groups in total. The van der Waals surface area contributed by atoms with Gasteiger partial charge >= 0.3 is 0 Å². The zero-order chi connectivity index (χ0) is 14.4.